The van der Waals surface area contributed by atoms with Gasteiger partial charge < -0.3 is 9.73 Å². The number of furan rings is 1. The lowest BCUT2D eigenvalue weighted by molar-refractivity contribution is -0.121. The van der Waals surface area contributed by atoms with Gasteiger partial charge in [0.05, 0.1) is 6.26 Å². The van der Waals surface area contributed by atoms with Gasteiger partial charge in [0.25, 0.3) is 0 Å². The Hall–Kier alpha value is -2.82. The highest BCUT2D eigenvalue weighted by molar-refractivity contribution is 5.75. The molecule has 0 fully saturated rings. The molecule has 5 heteroatoms. The van der Waals surface area contributed by atoms with Crippen LogP contribution in [0.15, 0.2) is 71.6 Å². The van der Waals surface area contributed by atoms with Gasteiger partial charge in [-0.1, -0.05) is 30.3 Å². The molecule has 0 aliphatic carbocycles. The zero-order valence-corrected chi connectivity index (χ0v) is 13.5. The van der Waals surface area contributed by atoms with Crippen LogP contribution in [-0.4, -0.2) is 22.2 Å². The predicted octanol–water partition coefficient (Wildman–Crippen LogP) is 3.20. The lowest BCUT2D eigenvalue weighted by Crippen LogP contribution is -2.26. The molecule has 3 aromatic rings. The van der Waals surface area contributed by atoms with Crippen LogP contribution >= 0.6 is 0 Å². The summed E-state index contributed by atoms with van der Waals surface area (Å²) in [5.41, 5.74) is 1.19. The number of nitrogens with one attached hydrogen (secondary N) is 1. The molecule has 2 aromatic heterocycles. The van der Waals surface area contributed by atoms with Crippen LogP contribution < -0.4 is 5.32 Å². The number of aryl methyl sites for hydroxylation is 1. The molecule has 1 aromatic carbocycles. The molecule has 24 heavy (non-hydrogen) atoms. The summed E-state index contributed by atoms with van der Waals surface area (Å²) in [6, 6.07) is 16.0. The number of benzene rings is 1. The standard InChI is InChI=1S/C19H21N3O2/c23-19(10-14-22-13-5-11-21-22)20-12-9-17(18-8-4-15-24-18)16-6-2-1-3-7-16/h1-8,11,13,15,17H,9-10,12,14H2,(H,20,23)/t17-/m1/s1. The fourth-order valence-corrected chi connectivity index (χ4v) is 2.74. The Labute approximate surface area is 141 Å². The largest absolute Gasteiger partial charge is 0.469 e. The molecular weight excluding hydrogens is 302 g/mol. The first-order valence-corrected chi connectivity index (χ1v) is 8.15. The fourth-order valence-electron chi connectivity index (χ4n) is 2.74. The number of amides is 1. The van der Waals surface area contributed by atoms with Crippen molar-refractivity contribution in [2.24, 2.45) is 0 Å². The van der Waals surface area contributed by atoms with Gasteiger partial charge in [-0.3, -0.25) is 9.48 Å². The summed E-state index contributed by atoms with van der Waals surface area (Å²) in [6.45, 7) is 1.21. The number of carbonyl (C=O) groups excluding carboxylic acids is 1. The molecule has 0 radical (unpaired) electrons. The zero-order chi connectivity index (χ0) is 16.6. The van der Waals surface area contributed by atoms with Crippen molar-refractivity contribution in [3.05, 3.63) is 78.5 Å². The lowest BCUT2D eigenvalue weighted by atomic mass is 9.93. The lowest BCUT2D eigenvalue weighted by Gasteiger charge is -2.15. The van der Waals surface area contributed by atoms with Crippen molar-refractivity contribution < 1.29 is 9.21 Å². The number of carbonyl (C=O) groups is 1. The first kappa shape index (κ1) is 16.1. The molecule has 1 amide bonds. The van der Waals surface area contributed by atoms with Gasteiger partial charge in [-0.25, -0.2) is 0 Å². The van der Waals surface area contributed by atoms with Crippen LogP contribution in [0.3, 0.4) is 0 Å². The summed E-state index contributed by atoms with van der Waals surface area (Å²) < 4.78 is 7.34. The summed E-state index contributed by atoms with van der Waals surface area (Å²) in [4.78, 5) is 12.0. The van der Waals surface area contributed by atoms with E-state index < -0.39 is 0 Å². The quantitative estimate of drug-likeness (QED) is 0.692. The molecule has 3 rings (SSSR count). The Balaban J connectivity index is 1.51. The Bertz CT molecular complexity index is 721. The first-order valence-electron chi connectivity index (χ1n) is 8.15. The van der Waals surface area contributed by atoms with Crippen LogP contribution in [0.2, 0.25) is 0 Å². The van der Waals surface area contributed by atoms with Gasteiger partial charge >= 0.3 is 0 Å². The average molecular weight is 323 g/mol. The van der Waals surface area contributed by atoms with Gasteiger partial charge in [-0.2, -0.15) is 5.10 Å². The fraction of sp³-hybridized carbons (Fsp3) is 0.263. The van der Waals surface area contributed by atoms with E-state index in [4.69, 9.17) is 4.42 Å². The Morgan fingerprint density at radius 1 is 1.17 bits per heavy atom. The third-order valence-electron chi connectivity index (χ3n) is 3.97. The van der Waals surface area contributed by atoms with E-state index >= 15 is 0 Å². The third kappa shape index (κ3) is 4.35. The van der Waals surface area contributed by atoms with Gasteiger partial charge in [0, 0.05) is 37.8 Å². The second kappa shape index (κ2) is 8.15. The third-order valence-corrected chi connectivity index (χ3v) is 3.97. The maximum Gasteiger partial charge on any atom is 0.221 e. The van der Waals surface area contributed by atoms with Gasteiger partial charge in [0.1, 0.15) is 5.76 Å². The second-order valence-corrected chi connectivity index (χ2v) is 5.64. The molecule has 2 heterocycles. The van der Waals surface area contributed by atoms with E-state index in [2.05, 4.69) is 22.5 Å². The van der Waals surface area contributed by atoms with Crippen LogP contribution in [0.4, 0.5) is 0 Å². The van der Waals surface area contributed by atoms with Crippen molar-refractivity contribution in [2.75, 3.05) is 6.54 Å². The van der Waals surface area contributed by atoms with Crippen molar-refractivity contribution in [1.29, 1.82) is 0 Å². The van der Waals surface area contributed by atoms with Crippen LogP contribution in [0, 0.1) is 0 Å². The van der Waals surface area contributed by atoms with E-state index in [-0.39, 0.29) is 11.8 Å². The van der Waals surface area contributed by atoms with Gasteiger partial charge in [-0.15, -0.1) is 0 Å². The normalized spacial score (nSPS) is 12.0. The van der Waals surface area contributed by atoms with E-state index in [1.165, 1.54) is 5.56 Å². The van der Waals surface area contributed by atoms with E-state index in [1.54, 1.807) is 17.1 Å². The molecule has 0 saturated heterocycles. The van der Waals surface area contributed by atoms with E-state index in [0.717, 1.165) is 12.2 Å². The topological polar surface area (TPSA) is 60.1 Å². The zero-order valence-electron chi connectivity index (χ0n) is 13.5. The van der Waals surface area contributed by atoms with Crippen molar-refractivity contribution in [3.8, 4) is 0 Å². The van der Waals surface area contributed by atoms with Crippen molar-refractivity contribution in [3.63, 3.8) is 0 Å². The summed E-state index contributed by atoms with van der Waals surface area (Å²) in [5, 5.41) is 7.08. The number of hydrogen-bond acceptors (Lipinski definition) is 3. The van der Waals surface area contributed by atoms with Gasteiger partial charge in [-0.05, 0) is 30.2 Å². The van der Waals surface area contributed by atoms with E-state index in [9.17, 15) is 4.79 Å². The summed E-state index contributed by atoms with van der Waals surface area (Å²) in [5.74, 6) is 1.11. The number of rotatable bonds is 8. The minimum Gasteiger partial charge on any atom is -0.469 e. The van der Waals surface area contributed by atoms with Crippen LogP contribution in [0.25, 0.3) is 0 Å². The molecule has 0 aliphatic heterocycles. The summed E-state index contributed by atoms with van der Waals surface area (Å²) in [7, 11) is 0. The van der Waals surface area contributed by atoms with Gasteiger partial charge in [0.15, 0.2) is 0 Å². The SMILES string of the molecule is O=C(CCn1cccn1)NCC[C@H](c1ccccc1)c1ccco1. The molecule has 0 spiro atoms. The number of hydrogen-bond donors (Lipinski definition) is 1. The highest BCUT2D eigenvalue weighted by Crippen LogP contribution is 2.27. The average Bonchev–Trinajstić information content (AvgIpc) is 3.31. The van der Waals surface area contributed by atoms with E-state index in [0.29, 0.717) is 19.5 Å². The highest BCUT2D eigenvalue weighted by atomic mass is 16.3. The Morgan fingerprint density at radius 2 is 2.04 bits per heavy atom. The summed E-state index contributed by atoms with van der Waals surface area (Å²) in [6.07, 6.45) is 6.48. The van der Waals surface area contributed by atoms with Crippen LogP contribution in [0.1, 0.15) is 30.1 Å². The van der Waals surface area contributed by atoms with Crippen molar-refractivity contribution in [2.45, 2.75) is 25.3 Å². The molecule has 124 valence electrons. The predicted molar refractivity (Wildman–Crippen MR) is 91.5 cm³/mol. The number of nitrogens with zero attached hydrogens (tertiary/aromatic N) is 2. The molecule has 1 N–H and O–H groups in total. The van der Waals surface area contributed by atoms with Crippen molar-refractivity contribution >= 4 is 5.91 Å². The molecule has 0 bridgehead atoms. The molecule has 0 unspecified atom stereocenters. The number of aromatic nitrogens is 2. The maximum absolute atomic E-state index is 12.0. The Kier molecular flexibility index (Phi) is 5.45. The minimum absolute atomic E-state index is 0.0387. The minimum atomic E-state index is 0.0387. The smallest absolute Gasteiger partial charge is 0.221 e. The monoisotopic (exact) mass is 323 g/mol. The van der Waals surface area contributed by atoms with Gasteiger partial charge in [0.2, 0.25) is 5.91 Å². The second-order valence-electron chi connectivity index (χ2n) is 5.64. The molecule has 0 aliphatic rings. The molecular formula is C19H21N3O2. The Morgan fingerprint density at radius 3 is 2.75 bits per heavy atom. The van der Waals surface area contributed by atoms with E-state index in [1.807, 2.05) is 42.6 Å². The molecule has 0 saturated carbocycles. The maximum atomic E-state index is 12.0. The first-order chi connectivity index (χ1) is 11.8. The molecule has 1 atom stereocenters. The van der Waals surface area contributed by atoms with Crippen molar-refractivity contribution in [1.82, 2.24) is 15.1 Å². The van der Waals surface area contributed by atoms with Crippen LogP contribution in [-0.2, 0) is 11.3 Å². The molecule has 5 nitrogen and oxygen atoms in total. The van der Waals surface area contributed by atoms with Crippen LogP contribution in [0.5, 0.6) is 0 Å². The summed E-state index contributed by atoms with van der Waals surface area (Å²) >= 11 is 0. The highest BCUT2D eigenvalue weighted by Gasteiger charge is 2.16.